The Labute approximate surface area is 172 Å². The maximum Gasteiger partial charge on any atom is 0.253 e. The van der Waals surface area contributed by atoms with E-state index in [2.05, 4.69) is 32.4 Å². The van der Waals surface area contributed by atoms with Crippen LogP contribution in [-0.2, 0) is 11.3 Å². The second-order valence-electron chi connectivity index (χ2n) is 6.86. The zero-order valence-corrected chi connectivity index (χ0v) is 17.3. The number of rotatable bonds is 5. The first-order chi connectivity index (χ1) is 13.5. The lowest BCUT2D eigenvalue weighted by atomic mass is 9.95. The molecule has 0 radical (unpaired) electrons. The normalized spacial score (nSPS) is 14.5. The van der Waals surface area contributed by atoms with Gasteiger partial charge in [-0.05, 0) is 44.0 Å². The van der Waals surface area contributed by atoms with Crippen molar-refractivity contribution in [1.29, 1.82) is 5.26 Å². The fourth-order valence-corrected chi connectivity index (χ4v) is 3.58. The molecule has 0 bridgehead atoms. The van der Waals surface area contributed by atoms with Gasteiger partial charge in [-0.25, -0.2) is 4.68 Å². The number of piperidine rings is 1. The molecule has 1 aromatic heterocycles. The molecule has 2 heterocycles. The molecule has 1 saturated heterocycles. The lowest BCUT2D eigenvalue weighted by molar-refractivity contribution is -0.121. The first-order valence-corrected chi connectivity index (χ1v) is 10.0. The van der Waals surface area contributed by atoms with Gasteiger partial charge in [0.15, 0.2) is 0 Å². The molecule has 1 aliphatic heterocycles. The number of aryl methyl sites for hydroxylation is 2. The van der Waals surface area contributed by atoms with Gasteiger partial charge < -0.3 is 10.2 Å². The van der Waals surface area contributed by atoms with Crippen LogP contribution in [0.5, 0.6) is 0 Å². The molecule has 1 aromatic carbocycles. The number of anilines is 1. The van der Waals surface area contributed by atoms with Crippen molar-refractivity contribution in [2.75, 3.05) is 18.4 Å². The van der Waals surface area contributed by atoms with Crippen molar-refractivity contribution in [2.24, 2.45) is 5.92 Å². The highest BCUT2D eigenvalue weighted by molar-refractivity contribution is 9.10. The smallest absolute Gasteiger partial charge is 0.253 e. The Morgan fingerprint density at radius 1 is 1.29 bits per heavy atom. The summed E-state index contributed by atoms with van der Waals surface area (Å²) in [5.41, 5.74) is 1.45. The summed E-state index contributed by atoms with van der Waals surface area (Å²) in [5.74, 6) is 0.408. The van der Waals surface area contributed by atoms with E-state index in [4.69, 9.17) is 5.26 Å². The fourth-order valence-electron chi connectivity index (χ4n) is 3.32. The minimum absolute atomic E-state index is 0.00318. The molecular weight excluding hydrogens is 422 g/mol. The van der Waals surface area contributed by atoms with Gasteiger partial charge in [-0.15, -0.1) is 0 Å². The van der Waals surface area contributed by atoms with Crippen LogP contribution in [0.4, 0.5) is 5.82 Å². The van der Waals surface area contributed by atoms with Crippen molar-refractivity contribution in [1.82, 2.24) is 14.7 Å². The van der Waals surface area contributed by atoms with Crippen molar-refractivity contribution in [3.63, 3.8) is 0 Å². The van der Waals surface area contributed by atoms with E-state index < -0.39 is 0 Å². The Kier molecular flexibility index (Phi) is 6.47. The fraction of sp³-hybridized carbons (Fsp3) is 0.400. The zero-order valence-electron chi connectivity index (χ0n) is 15.7. The number of nitrogens with zero attached hydrogens (tertiary/aromatic N) is 4. The number of likely N-dealkylation sites (tertiary alicyclic amines) is 1. The largest absolute Gasteiger partial charge is 0.339 e. The molecule has 1 aliphatic rings. The van der Waals surface area contributed by atoms with Crippen LogP contribution in [0.2, 0.25) is 0 Å². The van der Waals surface area contributed by atoms with Crippen molar-refractivity contribution in [3.05, 3.63) is 46.1 Å². The van der Waals surface area contributed by atoms with Crippen LogP contribution in [-0.4, -0.2) is 39.6 Å². The summed E-state index contributed by atoms with van der Waals surface area (Å²) >= 11 is 3.37. The number of nitrogens with one attached hydrogen (secondary N) is 1. The van der Waals surface area contributed by atoms with E-state index in [-0.39, 0.29) is 17.7 Å². The maximum absolute atomic E-state index is 12.7. The number of carbonyl (C=O) groups excluding carboxylic acids is 2. The monoisotopic (exact) mass is 443 g/mol. The zero-order chi connectivity index (χ0) is 20.1. The molecule has 1 N–H and O–H groups in total. The number of benzene rings is 1. The highest BCUT2D eigenvalue weighted by Gasteiger charge is 2.28. The van der Waals surface area contributed by atoms with Crippen LogP contribution in [0.15, 0.2) is 34.8 Å². The molecule has 0 spiro atoms. The summed E-state index contributed by atoms with van der Waals surface area (Å²) in [7, 11) is 0. The van der Waals surface area contributed by atoms with Crippen LogP contribution in [0.3, 0.4) is 0 Å². The number of hydrogen-bond acceptors (Lipinski definition) is 4. The number of aromatic nitrogens is 2. The number of carbonyl (C=O) groups is 2. The highest BCUT2D eigenvalue weighted by atomic mass is 79.9. The van der Waals surface area contributed by atoms with Gasteiger partial charge >= 0.3 is 0 Å². The molecule has 0 atom stereocenters. The lowest BCUT2D eigenvalue weighted by Gasteiger charge is -2.31. The summed E-state index contributed by atoms with van der Waals surface area (Å²) in [4.78, 5) is 27.1. The van der Waals surface area contributed by atoms with Gasteiger partial charge in [0, 0.05) is 35.1 Å². The second kappa shape index (κ2) is 9.02. The Hall–Kier alpha value is -2.66. The predicted molar refractivity (Wildman–Crippen MR) is 109 cm³/mol. The third kappa shape index (κ3) is 4.78. The standard InChI is InChI=1S/C20H22BrN5O2/c1-14-13-18(26(24-14)10-2-9-22)23-19(27)15-7-11-25(12-8-15)20(28)16-3-5-17(21)6-4-16/h3-6,13,15H,2,7-8,10-12H2,1H3,(H,23,27). The predicted octanol–water partition coefficient (Wildman–Crippen LogP) is 3.36. The van der Waals surface area contributed by atoms with Gasteiger partial charge in [0.2, 0.25) is 5.91 Å². The topological polar surface area (TPSA) is 91.0 Å². The molecule has 1 fully saturated rings. The lowest BCUT2D eigenvalue weighted by Crippen LogP contribution is -2.41. The minimum Gasteiger partial charge on any atom is -0.339 e. The van der Waals surface area contributed by atoms with Crippen molar-refractivity contribution in [2.45, 2.75) is 32.7 Å². The van der Waals surface area contributed by atoms with Crippen LogP contribution >= 0.6 is 15.9 Å². The van der Waals surface area contributed by atoms with E-state index in [1.165, 1.54) is 0 Å². The summed E-state index contributed by atoms with van der Waals surface area (Å²) in [6, 6.07) is 11.2. The molecule has 0 aliphatic carbocycles. The highest BCUT2D eigenvalue weighted by Crippen LogP contribution is 2.22. The average molecular weight is 444 g/mol. The molecule has 8 heteroatoms. The SMILES string of the molecule is Cc1cc(NC(=O)C2CCN(C(=O)c3ccc(Br)cc3)CC2)n(CCC#N)n1. The Morgan fingerprint density at radius 2 is 1.96 bits per heavy atom. The quantitative estimate of drug-likeness (QED) is 0.766. The Morgan fingerprint density at radius 3 is 2.61 bits per heavy atom. The van der Waals surface area contributed by atoms with Crippen molar-refractivity contribution < 1.29 is 9.59 Å². The van der Waals surface area contributed by atoms with Gasteiger partial charge in [-0.3, -0.25) is 9.59 Å². The van der Waals surface area contributed by atoms with Crippen LogP contribution in [0.1, 0.15) is 35.3 Å². The number of halogens is 1. The third-order valence-electron chi connectivity index (χ3n) is 4.83. The van der Waals surface area contributed by atoms with Gasteiger partial charge in [0.25, 0.3) is 5.91 Å². The summed E-state index contributed by atoms with van der Waals surface area (Å²) in [5, 5.41) is 16.0. The molecule has 28 heavy (non-hydrogen) atoms. The van der Waals surface area contributed by atoms with E-state index in [0.717, 1.165) is 10.2 Å². The molecule has 146 valence electrons. The van der Waals surface area contributed by atoms with Gasteiger partial charge in [0.05, 0.1) is 24.7 Å². The Bertz CT molecular complexity index is 892. The molecule has 0 unspecified atom stereocenters. The van der Waals surface area contributed by atoms with Gasteiger partial charge in [-0.1, -0.05) is 15.9 Å². The van der Waals surface area contributed by atoms with E-state index in [0.29, 0.717) is 50.3 Å². The van der Waals surface area contributed by atoms with Crippen molar-refractivity contribution >= 4 is 33.6 Å². The first kappa shape index (κ1) is 20.1. The first-order valence-electron chi connectivity index (χ1n) is 9.25. The van der Waals surface area contributed by atoms with Crippen LogP contribution < -0.4 is 5.32 Å². The molecule has 2 amide bonds. The second-order valence-corrected chi connectivity index (χ2v) is 7.78. The minimum atomic E-state index is -0.145. The summed E-state index contributed by atoms with van der Waals surface area (Å²) < 4.78 is 2.59. The third-order valence-corrected chi connectivity index (χ3v) is 5.36. The summed E-state index contributed by atoms with van der Waals surface area (Å²) in [6.07, 6.45) is 1.58. The van der Waals surface area contributed by atoms with Crippen LogP contribution in [0, 0.1) is 24.2 Å². The molecule has 2 aromatic rings. The molecule has 7 nitrogen and oxygen atoms in total. The Balaban J connectivity index is 1.56. The number of nitriles is 1. The molecule has 3 rings (SSSR count). The molecular formula is C20H22BrN5O2. The molecule has 0 saturated carbocycles. The van der Waals surface area contributed by atoms with E-state index >= 15 is 0 Å². The number of amides is 2. The van der Waals surface area contributed by atoms with Crippen molar-refractivity contribution in [3.8, 4) is 6.07 Å². The van der Waals surface area contributed by atoms with E-state index in [1.807, 2.05) is 25.1 Å². The average Bonchev–Trinajstić information content (AvgIpc) is 3.05. The van der Waals surface area contributed by atoms with Gasteiger partial charge in [0.1, 0.15) is 5.82 Å². The van der Waals surface area contributed by atoms with Gasteiger partial charge in [-0.2, -0.15) is 10.4 Å². The number of hydrogen-bond donors (Lipinski definition) is 1. The van der Waals surface area contributed by atoms with E-state index in [1.54, 1.807) is 21.7 Å². The van der Waals surface area contributed by atoms with Crippen LogP contribution in [0.25, 0.3) is 0 Å². The van der Waals surface area contributed by atoms with E-state index in [9.17, 15) is 9.59 Å². The maximum atomic E-state index is 12.7. The summed E-state index contributed by atoms with van der Waals surface area (Å²) in [6.45, 7) is 3.41.